The van der Waals surface area contributed by atoms with E-state index in [1.54, 1.807) is 12.4 Å². The van der Waals surface area contributed by atoms with Crippen molar-refractivity contribution in [3.8, 4) is 0 Å². The highest BCUT2D eigenvalue weighted by Gasteiger charge is 2.17. The lowest BCUT2D eigenvalue weighted by Crippen LogP contribution is -2.26. The predicted octanol–water partition coefficient (Wildman–Crippen LogP) is 1.99. The number of aryl methyl sites for hydroxylation is 1. The Labute approximate surface area is 134 Å². The van der Waals surface area contributed by atoms with Crippen molar-refractivity contribution < 1.29 is 4.79 Å². The molecule has 1 amide bonds. The van der Waals surface area contributed by atoms with Crippen molar-refractivity contribution in [1.82, 2.24) is 19.7 Å². The Morgan fingerprint density at radius 2 is 1.87 bits per heavy atom. The number of hydrogen-bond donors (Lipinski definition) is 1. The highest BCUT2D eigenvalue weighted by molar-refractivity contribution is 6.02. The summed E-state index contributed by atoms with van der Waals surface area (Å²) < 4.78 is 1.29. The Balaban J connectivity index is 2.16. The molecule has 2 aromatic rings. The standard InChI is InChI=1S/C16H21N5O2/c1-5-8-21-13(22)7-6-12(20-21)14(23)19-11-9-17-15(18-10-11)16(2,3)4/h6-7,9-10H,5,8H2,1-4H3,(H,19,23). The molecule has 0 saturated carbocycles. The third kappa shape index (κ3) is 4.21. The summed E-state index contributed by atoms with van der Waals surface area (Å²) in [5.74, 6) is 0.298. The van der Waals surface area contributed by atoms with Crippen LogP contribution in [0.5, 0.6) is 0 Å². The number of nitrogens with zero attached hydrogens (tertiary/aromatic N) is 4. The zero-order valence-corrected chi connectivity index (χ0v) is 13.8. The first-order valence-corrected chi connectivity index (χ1v) is 7.53. The maximum Gasteiger partial charge on any atom is 0.276 e. The molecule has 2 heterocycles. The minimum absolute atomic E-state index is 0.153. The molecule has 0 aliphatic heterocycles. The van der Waals surface area contributed by atoms with Crippen molar-refractivity contribution in [2.75, 3.05) is 5.32 Å². The molecule has 0 spiro atoms. The molecule has 0 radical (unpaired) electrons. The van der Waals surface area contributed by atoms with Gasteiger partial charge in [-0.1, -0.05) is 27.7 Å². The van der Waals surface area contributed by atoms with Crippen molar-refractivity contribution in [2.24, 2.45) is 0 Å². The van der Waals surface area contributed by atoms with Crippen LogP contribution in [0.25, 0.3) is 0 Å². The van der Waals surface area contributed by atoms with Crippen molar-refractivity contribution >= 4 is 11.6 Å². The number of aromatic nitrogens is 4. The summed E-state index contributed by atoms with van der Waals surface area (Å²) in [6.07, 6.45) is 3.89. The Bertz CT molecular complexity index is 744. The monoisotopic (exact) mass is 315 g/mol. The second-order valence-electron chi connectivity index (χ2n) is 6.28. The van der Waals surface area contributed by atoms with Gasteiger partial charge in [-0.05, 0) is 12.5 Å². The summed E-state index contributed by atoms with van der Waals surface area (Å²) in [5, 5.41) is 6.75. The first-order valence-electron chi connectivity index (χ1n) is 7.53. The third-order valence-corrected chi connectivity index (χ3v) is 3.12. The van der Waals surface area contributed by atoms with Gasteiger partial charge in [-0.2, -0.15) is 5.10 Å². The fourth-order valence-electron chi connectivity index (χ4n) is 1.92. The number of anilines is 1. The van der Waals surface area contributed by atoms with Crippen LogP contribution in [0.2, 0.25) is 0 Å². The van der Waals surface area contributed by atoms with Crippen LogP contribution in [0, 0.1) is 0 Å². The molecule has 2 aromatic heterocycles. The van der Waals surface area contributed by atoms with E-state index >= 15 is 0 Å². The van der Waals surface area contributed by atoms with E-state index in [-0.39, 0.29) is 16.7 Å². The zero-order chi connectivity index (χ0) is 17.0. The fraction of sp³-hybridized carbons (Fsp3) is 0.438. The SMILES string of the molecule is CCCn1nc(C(=O)Nc2cnc(C(C)(C)C)nc2)ccc1=O. The normalized spacial score (nSPS) is 11.3. The molecule has 0 aliphatic carbocycles. The van der Waals surface area contributed by atoms with Crippen LogP contribution in [0.3, 0.4) is 0 Å². The molecule has 122 valence electrons. The van der Waals surface area contributed by atoms with E-state index in [9.17, 15) is 9.59 Å². The summed E-state index contributed by atoms with van der Waals surface area (Å²) in [6.45, 7) is 8.46. The highest BCUT2D eigenvalue weighted by atomic mass is 16.2. The molecule has 0 aromatic carbocycles. The van der Waals surface area contributed by atoms with E-state index in [1.165, 1.54) is 16.8 Å². The molecule has 7 nitrogen and oxygen atoms in total. The van der Waals surface area contributed by atoms with Crippen LogP contribution in [-0.2, 0) is 12.0 Å². The molecular weight excluding hydrogens is 294 g/mol. The summed E-state index contributed by atoms with van der Waals surface area (Å²) in [6, 6.07) is 2.75. The molecule has 23 heavy (non-hydrogen) atoms. The van der Waals surface area contributed by atoms with Crippen molar-refractivity contribution in [3.63, 3.8) is 0 Å². The summed E-state index contributed by atoms with van der Waals surface area (Å²) in [4.78, 5) is 32.4. The first-order chi connectivity index (χ1) is 10.8. The molecule has 0 fully saturated rings. The summed E-state index contributed by atoms with van der Waals surface area (Å²) in [5.41, 5.74) is 0.289. The third-order valence-electron chi connectivity index (χ3n) is 3.12. The van der Waals surface area contributed by atoms with Gasteiger partial charge in [0.25, 0.3) is 11.5 Å². The Morgan fingerprint density at radius 1 is 1.22 bits per heavy atom. The minimum Gasteiger partial charge on any atom is -0.318 e. The lowest BCUT2D eigenvalue weighted by atomic mass is 9.96. The van der Waals surface area contributed by atoms with Gasteiger partial charge in [0.05, 0.1) is 18.1 Å². The number of carbonyl (C=O) groups is 1. The predicted molar refractivity (Wildman–Crippen MR) is 87.5 cm³/mol. The van der Waals surface area contributed by atoms with Gasteiger partial charge in [-0.15, -0.1) is 0 Å². The van der Waals surface area contributed by atoms with Crippen LogP contribution in [-0.4, -0.2) is 25.7 Å². The van der Waals surface area contributed by atoms with E-state index < -0.39 is 5.91 Å². The van der Waals surface area contributed by atoms with Crippen LogP contribution in [0.4, 0.5) is 5.69 Å². The maximum absolute atomic E-state index is 12.2. The van der Waals surface area contributed by atoms with Crippen molar-refractivity contribution in [3.05, 3.63) is 46.4 Å². The van der Waals surface area contributed by atoms with E-state index in [2.05, 4.69) is 20.4 Å². The molecular formula is C16H21N5O2. The largest absolute Gasteiger partial charge is 0.318 e. The average Bonchev–Trinajstić information content (AvgIpc) is 2.49. The zero-order valence-electron chi connectivity index (χ0n) is 13.8. The molecule has 1 N–H and O–H groups in total. The second kappa shape index (κ2) is 6.68. The lowest BCUT2D eigenvalue weighted by molar-refractivity contribution is 0.101. The van der Waals surface area contributed by atoms with E-state index in [4.69, 9.17) is 0 Å². The van der Waals surface area contributed by atoms with Gasteiger partial charge in [0, 0.05) is 18.0 Å². The Morgan fingerprint density at radius 3 is 2.43 bits per heavy atom. The highest BCUT2D eigenvalue weighted by Crippen LogP contribution is 2.18. The van der Waals surface area contributed by atoms with Gasteiger partial charge in [0.15, 0.2) is 0 Å². The average molecular weight is 315 g/mol. The quantitative estimate of drug-likeness (QED) is 0.932. The van der Waals surface area contributed by atoms with Gasteiger partial charge in [0.1, 0.15) is 11.5 Å². The van der Waals surface area contributed by atoms with E-state index in [0.29, 0.717) is 18.1 Å². The van der Waals surface area contributed by atoms with Gasteiger partial charge >= 0.3 is 0 Å². The van der Waals surface area contributed by atoms with Crippen LogP contribution < -0.4 is 10.9 Å². The fourth-order valence-corrected chi connectivity index (χ4v) is 1.92. The Hall–Kier alpha value is -2.57. The summed E-state index contributed by atoms with van der Waals surface area (Å²) >= 11 is 0. The van der Waals surface area contributed by atoms with Gasteiger partial charge in [-0.25, -0.2) is 14.6 Å². The maximum atomic E-state index is 12.2. The number of amides is 1. The van der Waals surface area contributed by atoms with E-state index in [0.717, 1.165) is 6.42 Å². The molecule has 7 heteroatoms. The van der Waals surface area contributed by atoms with E-state index in [1.807, 2.05) is 27.7 Å². The van der Waals surface area contributed by atoms with Crippen LogP contribution in [0.1, 0.15) is 50.4 Å². The van der Waals surface area contributed by atoms with Gasteiger partial charge in [-0.3, -0.25) is 9.59 Å². The van der Waals surface area contributed by atoms with Crippen LogP contribution in [0.15, 0.2) is 29.3 Å². The summed E-state index contributed by atoms with van der Waals surface area (Å²) in [7, 11) is 0. The molecule has 2 rings (SSSR count). The van der Waals surface area contributed by atoms with Gasteiger partial charge in [0.2, 0.25) is 0 Å². The van der Waals surface area contributed by atoms with Crippen LogP contribution >= 0.6 is 0 Å². The number of carbonyl (C=O) groups excluding carboxylic acids is 1. The second-order valence-corrected chi connectivity index (χ2v) is 6.28. The number of rotatable bonds is 4. The molecule has 0 bridgehead atoms. The van der Waals surface area contributed by atoms with Gasteiger partial charge < -0.3 is 5.32 Å². The molecule has 0 aliphatic rings. The van der Waals surface area contributed by atoms with Crippen molar-refractivity contribution in [1.29, 1.82) is 0 Å². The molecule has 0 unspecified atom stereocenters. The first kappa shape index (κ1) is 16.8. The lowest BCUT2D eigenvalue weighted by Gasteiger charge is -2.16. The minimum atomic E-state index is -0.401. The number of nitrogens with one attached hydrogen (secondary N) is 1. The number of hydrogen-bond acceptors (Lipinski definition) is 5. The Kier molecular flexibility index (Phi) is 4.88. The molecule has 0 atom stereocenters. The smallest absolute Gasteiger partial charge is 0.276 e. The topological polar surface area (TPSA) is 89.8 Å². The van der Waals surface area contributed by atoms with Crippen molar-refractivity contribution in [2.45, 2.75) is 46.1 Å². The molecule has 0 saturated heterocycles.